The first-order chi connectivity index (χ1) is 10.1. The van der Waals surface area contributed by atoms with Crippen molar-refractivity contribution in [2.75, 3.05) is 38.1 Å². The van der Waals surface area contributed by atoms with Crippen LogP contribution < -0.4 is 10.6 Å². The van der Waals surface area contributed by atoms with Crippen molar-refractivity contribution in [2.24, 2.45) is 11.7 Å². The summed E-state index contributed by atoms with van der Waals surface area (Å²) in [6.45, 7) is 6.57. The van der Waals surface area contributed by atoms with E-state index >= 15 is 0 Å². The average molecular weight is 285 g/mol. The van der Waals surface area contributed by atoms with Gasteiger partial charge < -0.3 is 15.5 Å². The number of nitrogens with zero attached hydrogens (tertiary/aromatic N) is 2. The van der Waals surface area contributed by atoms with E-state index in [4.69, 9.17) is 5.73 Å². The molecule has 114 valence electrons. The van der Waals surface area contributed by atoms with Crippen LogP contribution in [0, 0.1) is 5.92 Å². The number of hydrogen-bond donors (Lipinski definition) is 1. The van der Waals surface area contributed by atoms with E-state index < -0.39 is 0 Å². The van der Waals surface area contributed by atoms with E-state index in [0.29, 0.717) is 0 Å². The lowest BCUT2D eigenvalue weighted by Crippen LogP contribution is -2.44. The Morgan fingerprint density at radius 3 is 2.52 bits per heavy atom. The molecule has 1 saturated carbocycles. The molecule has 1 aromatic carbocycles. The van der Waals surface area contributed by atoms with Gasteiger partial charge in [-0.3, -0.25) is 0 Å². The standard InChI is InChI=1S/C18H27N3/c1-14(19)18-8-7-17(21-11-9-20(2)10-12-21)13-16(18)6-5-15-3-4-15/h5-8,13-15H,3-4,9-12,19H2,1-2H3/b6-5+/t14-/m1/s1. The summed E-state index contributed by atoms with van der Waals surface area (Å²) in [4.78, 5) is 4.88. The SMILES string of the molecule is C[C@@H](N)c1ccc(N2CCN(C)CC2)cc1/C=C/C1CC1. The van der Waals surface area contributed by atoms with Crippen LogP contribution in [-0.2, 0) is 0 Å². The van der Waals surface area contributed by atoms with E-state index in [1.165, 1.54) is 29.7 Å². The first-order valence-electron chi connectivity index (χ1n) is 8.14. The topological polar surface area (TPSA) is 32.5 Å². The molecule has 1 atom stereocenters. The Hall–Kier alpha value is -1.32. The fourth-order valence-electron chi connectivity index (χ4n) is 2.91. The first kappa shape index (κ1) is 14.6. The molecule has 0 unspecified atom stereocenters. The van der Waals surface area contributed by atoms with Crippen LogP contribution in [0.25, 0.3) is 6.08 Å². The van der Waals surface area contributed by atoms with E-state index in [9.17, 15) is 0 Å². The summed E-state index contributed by atoms with van der Waals surface area (Å²) in [5.41, 5.74) is 10.0. The third-order valence-corrected chi connectivity index (χ3v) is 4.60. The third kappa shape index (κ3) is 3.66. The molecule has 3 nitrogen and oxygen atoms in total. The highest BCUT2D eigenvalue weighted by atomic mass is 15.2. The van der Waals surface area contributed by atoms with Crippen LogP contribution in [0.15, 0.2) is 24.3 Å². The number of nitrogens with two attached hydrogens (primary N) is 1. The van der Waals surface area contributed by atoms with Gasteiger partial charge in [0.05, 0.1) is 0 Å². The molecule has 2 aliphatic rings. The van der Waals surface area contributed by atoms with Crippen molar-refractivity contribution < 1.29 is 0 Å². The lowest BCUT2D eigenvalue weighted by atomic mass is 10.00. The zero-order valence-electron chi connectivity index (χ0n) is 13.3. The molecule has 1 heterocycles. The molecule has 0 bridgehead atoms. The lowest BCUT2D eigenvalue weighted by molar-refractivity contribution is 0.313. The number of piperazine rings is 1. The van der Waals surface area contributed by atoms with Crippen LogP contribution >= 0.6 is 0 Å². The Bertz CT molecular complexity index is 509. The summed E-state index contributed by atoms with van der Waals surface area (Å²) in [6.07, 6.45) is 7.34. The summed E-state index contributed by atoms with van der Waals surface area (Å²) in [6, 6.07) is 6.86. The number of benzene rings is 1. The molecule has 2 N–H and O–H groups in total. The molecule has 0 aromatic heterocycles. The molecule has 1 aromatic rings. The van der Waals surface area contributed by atoms with Crippen LogP contribution in [0.1, 0.15) is 36.9 Å². The van der Waals surface area contributed by atoms with Gasteiger partial charge in [0, 0.05) is 37.9 Å². The molecular weight excluding hydrogens is 258 g/mol. The van der Waals surface area contributed by atoms with Crippen LogP contribution in [0.2, 0.25) is 0 Å². The number of rotatable bonds is 4. The second-order valence-electron chi connectivity index (χ2n) is 6.59. The van der Waals surface area contributed by atoms with Crippen molar-refractivity contribution in [3.05, 3.63) is 35.4 Å². The lowest BCUT2D eigenvalue weighted by Gasteiger charge is -2.34. The molecule has 0 amide bonds. The summed E-state index contributed by atoms with van der Waals surface area (Å²) in [5.74, 6) is 0.804. The minimum absolute atomic E-state index is 0.0883. The van der Waals surface area contributed by atoms with Crippen LogP contribution in [-0.4, -0.2) is 38.1 Å². The molecule has 3 heteroatoms. The largest absolute Gasteiger partial charge is 0.369 e. The Labute approximate surface area is 128 Å². The van der Waals surface area contributed by atoms with E-state index in [0.717, 1.165) is 32.1 Å². The molecule has 1 saturated heterocycles. The predicted molar refractivity (Wildman–Crippen MR) is 90.5 cm³/mol. The highest BCUT2D eigenvalue weighted by Gasteiger charge is 2.18. The van der Waals surface area contributed by atoms with Gasteiger partial charge in [0.2, 0.25) is 0 Å². The number of allylic oxidation sites excluding steroid dienone is 1. The minimum Gasteiger partial charge on any atom is -0.369 e. The Morgan fingerprint density at radius 2 is 1.90 bits per heavy atom. The average Bonchev–Trinajstić information content (AvgIpc) is 3.29. The van der Waals surface area contributed by atoms with E-state index in [-0.39, 0.29) is 6.04 Å². The van der Waals surface area contributed by atoms with Gasteiger partial charge in [0.25, 0.3) is 0 Å². The monoisotopic (exact) mass is 285 g/mol. The number of hydrogen-bond acceptors (Lipinski definition) is 3. The minimum atomic E-state index is 0.0883. The fraction of sp³-hybridized carbons (Fsp3) is 0.556. The van der Waals surface area contributed by atoms with Gasteiger partial charge in [-0.25, -0.2) is 0 Å². The van der Waals surface area contributed by atoms with Crippen molar-refractivity contribution in [3.63, 3.8) is 0 Å². The second-order valence-corrected chi connectivity index (χ2v) is 6.59. The van der Waals surface area contributed by atoms with Crippen LogP contribution in [0.3, 0.4) is 0 Å². The maximum atomic E-state index is 6.13. The zero-order valence-corrected chi connectivity index (χ0v) is 13.3. The Morgan fingerprint density at radius 1 is 1.19 bits per heavy atom. The van der Waals surface area contributed by atoms with Crippen LogP contribution in [0.5, 0.6) is 0 Å². The van der Waals surface area contributed by atoms with Gasteiger partial charge in [0.1, 0.15) is 0 Å². The zero-order chi connectivity index (χ0) is 14.8. The second kappa shape index (κ2) is 6.20. The molecule has 0 spiro atoms. The van der Waals surface area contributed by atoms with Gasteiger partial charge in [-0.1, -0.05) is 18.2 Å². The predicted octanol–water partition coefficient (Wildman–Crippen LogP) is 2.88. The van der Waals surface area contributed by atoms with Gasteiger partial charge in [-0.15, -0.1) is 0 Å². The third-order valence-electron chi connectivity index (χ3n) is 4.60. The highest BCUT2D eigenvalue weighted by Crippen LogP contribution is 2.32. The number of anilines is 1. The quantitative estimate of drug-likeness (QED) is 0.923. The Balaban J connectivity index is 1.82. The van der Waals surface area contributed by atoms with Gasteiger partial charge in [0.15, 0.2) is 0 Å². The molecule has 1 aliphatic heterocycles. The maximum Gasteiger partial charge on any atom is 0.0373 e. The van der Waals surface area contributed by atoms with Crippen molar-refractivity contribution in [2.45, 2.75) is 25.8 Å². The fourth-order valence-corrected chi connectivity index (χ4v) is 2.91. The van der Waals surface area contributed by atoms with Gasteiger partial charge in [-0.2, -0.15) is 0 Å². The summed E-state index contributed by atoms with van der Waals surface area (Å²) in [7, 11) is 2.19. The molecule has 21 heavy (non-hydrogen) atoms. The van der Waals surface area contributed by atoms with Crippen molar-refractivity contribution in [1.29, 1.82) is 0 Å². The summed E-state index contributed by atoms with van der Waals surface area (Å²) in [5, 5.41) is 0. The van der Waals surface area contributed by atoms with E-state index in [1.54, 1.807) is 0 Å². The smallest absolute Gasteiger partial charge is 0.0373 e. The van der Waals surface area contributed by atoms with Crippen molar-refractivity contribution >= 4 is 11.8 Å². The first-order valence-corrected chi connectivity index (χ1v) is 8.14. The molecule has 1 aliphatic carbocycles. The van der Waals surface area contributed by atoms with E-state index in [1.807, 2.05) is 0 Å². The molecule has 3 rings (SSSR count). The van der Waals surface area contributed by atoms with E-state index in [2.05, 4.69) is 54.1 Å². The van der Waals surface area contributed by atoms with Crippen molar-refractivity contribution in [3.8, 4) is 0 Å². The molecule has 0 radical (unpaired) electrons. The molecule has 2 fully saturated rings. The van der Waals surface area contributed by atoms with Crippen LogP contribution in [0.4, 0.5) is 5.69 Å². The normalized spacial score (nSPS) is 22.0. The number of likely N-dealkylation sites (N-methyl/N-ethyl adjacent to an activating group) is 1. The summed E-state index contributed by atoms with van der Waals surface area (Å²) < 4.78 is 0. The van der Waals surface area contributed by atoms with Gasteiger partial charge in [-0.05, 0) is 56.0 Å². The Kier molecular flexibility index (Phi) is 4.32. The summed E-state index contributed by atoms with van der Waals surface area (Å²) >= 11 is 0. The highest BCUT2D eigenvalue weighted by molar-refractivity contribution is 5.63. The van der Waals surface area contributed by atoms with Gasteiger partial charge >= 0.3 is 0 Å². The van der Waals surface area contributed by atoms with Crippen molar-refractivity contribution in [1.82, 2.24) is 4.90 Å². The maximum absolute atomic E-state index is 6.13. The molecular formula is C18H27N3.